The molecule has 0 heterocycles. The van der Waals surface area contributed by atoms with Gasteiger partial charge in [-0.15, -0.1) is 0 Å². The summed E-state index contributed by atoms with van der Waals surface area (Å²) in [4.78, 5) is 11.7. The third-order valence-corrected chi connectivity index (χ3v) is 2.42. The van der Waals surface area contributed by atoms with E-state index in [4.69, 9.17) is 10.5 Å². The van der Waals surface area contributed by atoms with Crippen LogP contribution in [0, 0.1) is 6.92 Å². The number of hydrogen-bond donors (Lipinski definition) is 2. The molecular formula is C14H22N2O2. The Morgan fingerprint density at radius 2 is 2.00 bits per heavy atom. The number of nitrogens with two attached hydrogens (primary N) is 1. The van der Waals surface area contributed by atoms with Gasteiger partial charge >= 0.3 is 6.09 Å². The van der Waals surface area contributed by atoms with Crippen molar-refractivity contribution in [2.24, 2.45) is 5.73 Å². The molecule has 1 unspecified atom stereocenters. The number of nitrogens with one attached hydrogen (secondary N) is 1. The zero-order valence-electron chi connectivity index (χ0n) is 11.7. The van der Waals surface area contributed by atoms with Crippen molar-refractivity contribution in [3.05, 3.63) is 29.3 Å². The van der Waals surface area contributed by atoms with Crippen LogP contribution in [-0.2, 0) is 4.74 Å². The second kappa shape index (κ2) is 5.40. The lowest BCUT2D eigenvalue weighted by Gasteiger charge is -2.20. The van der Waals surface area contributed by atoms with E-state index in [9.17, 15) is 4.79 Å². The molecular weight excluding hydrogens is 228 g/mol. The minimum atomic E-state index is -0.503. The van der Waals surface area contributed by atoms with Gasteiger partial charge in [-0.25, -0.2) is 4.79 Å². The van der Waals surface area contributed by atoms with Gasteiger partial charge in [0.05, 0.1) is 0 Å². The van der Waals surface area contributed by atoms with Crippen LogP contribution < -0.4 is 11.1 Å². The largest absolute Gasteiger partial charge is 0.444 e. The minimum absolute atomic E-state index is 0.0650. The maximum atomic E-state index is 11.7. The summed E-state index contributed by atoms with van der Waals surface area (Å²) < 4.78 is 5.22. The maximum absolute atomic E-state index is 11.7. The highest BCUT2D eigenvalue weighted by Crippen LogP contribution is 2.21. The van der Waals surface area contributed by atoms with Crippen LogP contribution in [0.2, 0.25) is 0 Å². The first kappa shape index (κ1) is 14.5. The molecule has 0 bridgehead atoms. The molecule has 4 nitrogen and oxygen atoms in total. The molecule has 0 aliphatic carbocycles. The van der Waals surface area contributed by atoms with E-state index in [0.717, 1.165) is 16.8 Å². The summed E-state index contributed by atoms with van der Waals surface area (Å²) in [6, 6.07) is 5.71. The molecule has 100 valence electrons. The third kappa shape index (κ3) is 4.37. The molecule has 1 aromatic rings. The summed E-state index contributed by atoms with van der Waals surface area (Å²) in [5.41, 5.74) is 8.01. The van der Waals surface area contributed by atoms with E-state index in [-0.39, 0.29) is 6.04 Å². The summed E-state index contributed by atoms with van der Waals surface area (Å²) in [5.74, 6) is 0. The maximum Gasteiger partial charge on any atom is 0.412 e. The van der Waals surface area contributed by atoms with Crippen LogP contribution in [0.5, 0.6) is 0 Å². The zero-order valence-corrected chi connectivity index (χ0v) is 11.7. The van der Waals surface area contributed by atoms with Crippen molar-refractivity contribution in [2.45, 2.75) is 46.3 Å². The average molecular weight is 250 g/mol. The van der Waals surface area contributed by atoms with E-state index >= 15 is 0 Å². The molecule has 0 aliphatic rings. The van der Waals surface area contributed by atoms with Crippen LogP contribution in [0.25, 0.3) is 0 Å². The Balaban J connectivity index is 2.84. The number of ether oxygens (including phenoxy) is 1. The fraction of sp³-hybridized carbons (Fsp3) is 0.500. The van der Waals surface area contributed by atoms with Crippen LogP contribution in [-0.4, -0.2) is 11.7 Å². The molecule has 0 saturated carbocycles. The van der Waals surface area contributed by atoms with Gasteiger partial charge in [0.25, 0.3) is 0 Å². The second-order valence-electron chi connectivity index (χ2n) is 5.49. The number of anilines is 1. The Labute approximate surface area is 109 Å². The predicted octanol–water partition coefficient (Wildman–Crippen LogP) is 3.36. The van der Waals surface area contributed by atoms with Gasteiger partial charge < -0.3 is 10.5 Å². The van der Waals surface area contributed by atoms with Gasteiger partial charge in [0.15, 0.2) is 0 Å². The number of rotatable bonds is 2. The first-order valence-corrected chi connectivity index (χ1v) is 6.05. The molecule has 1 rings (SSSR count). The van der Waals surface area contributed by atoms with Gasteiger partial charge in [-0.3, -0.25) is 5.32 Å². The molecule has 0 fully saturated rings. The van der Waals surface area contributed by atoms with Crippen molar-refractivity contribution in [1.82, 2.24) is 0 Å². The fourth-order valence-electron chi connectivity index (χ4n) is 1.47. The Morgan fingerprint density at radius 1 is 1.39 bits per heavy atom. The molecule has 0 saturated heterocycles. The summed E-state index contributed by atoms with van der Waals surface area (Å²) in [7, 11) is 0. The summed E-state index contributed by atoms with van der Waals surface area (Å²) >= 11 is 0. The highest BCUT2D eigenvalue weighted by Gasteiger charge is 2.17. The topological polar surface area (TPSA) is 64.3 Å². The van der Waals surface area contributed by atoms with Crippen molar-refractivity contribution in [3.8, 4) is 0 Å². The summed E-state index contributed by atoms with van der Waals surface area (Å²) in [6.07, 6.45) is -0.451. The quantitative estimate of drug-likeness (QED) is 0.845. The van der Waals surface area contributed by atoms with Crippen LogP contribution >= 0.6 is 0 Å². The van der Waals surface area contributed by atoms with E-state index in [1.54, 1.807) is 0 Å². The zero-order chi connectivity index (χ0) is 13.9. The smallest absolute Gasteiger partial charge is 0.412 e. The van der Waals surface area contributed by atoms with E-state index < -0.39 is 11.7 Å². The van der Waals surface area contributed by atoms with Crippen LogP contribution in [0.15, 0.2) is 18.2 Å². The van der Waals surface area contributed by atoms with Gasteiger partial charge in [-0.1, -0.05) is 12.1 Å². The molecule has 18 heavy (non-hydrogen) atoms. The SMILES string of the molecule is Cc1ccc(C(C)N)cc1NC(=O)OC(C)(C)C. The summed E-state index contributed by atoms with van der Waals surface area (Å²) in [5, 5.41) is 2.75. The number of carbonyl (C=O) groups is 1. The molecule has 4 heteroatoms. The van der Waals surface area contributed by atoms with E-state index in [1.165, 1.54) is 0 Å². The van der Waals surface area contributed by atoms with Crippen molar-refractivity contribution >= 4 is 11.8 Å². The molecule has 0 aromatic heterocycles. The molecule has 0 spiro atoms. The van der Waals surface area contributed by atoms with E-state index in [2.05, 4.69) is 5.32 Å². The molecule has 1 atom stereocenters. The first-order chi connectivity index (χ1) is 8.19. The molecule has 1 aromatic carbocycles. The number of benzene rings is 1. The number of hydrogen-bond acceptors (Lipinski definition) is 3. The first-order valence-electron chi connectivity index (χ1n) is 6.05. The van der Waals surface area contributed by atoms with E-state index in [0.29, 0.717) is 0 Å². The molecule has 0 radical (unpaired) electrons. The number of aryl methyl sites for hydroxylation is 1. The lowest BCUT2D eigenvalue weighted by Crippen LogP contribution is -2.27. The van der Waals surface area contributed by atoms with Crippen LogP contribution in [0.3, 0.4) is 0 Å². The van der Waals surface area contributed by atoms with Crippen molar-refractivity contribution in [3.63, 3.8) is 0 Å². The van der Waals surface area contributed by atoms with Crippen molar-refractivity contribution in [1.29, 1.82) is 0 Å². The minimum Gasteiger partial charge on any atom is -0.444 e. The summed E-state index contributed by atoms with van der Waals surface area (Å²) in [6.45, 7) is 9.33. The van der Waals surface area contributed by atoms with Gasteiger partial charge in [0.1, 0.15) is 5.60 Å². The lowest BCUT2D eigenvalue weighted by atomic mass is 10.1. The van der Waals surface area contributed by atoms with Gasteiger partial charge in [0, 0.05) is 11.7 Å². The van der Waals surface area contributed by atoms with Gasteiger partial charge in [0.2, 0.25) is 0 Å². The Kier molecular flexibility index (Phi) is 4.35. The normalized spacial score (nSPS) is 13.0. The molecule has 0 aliphatic heterocycles. The Morgan fingerprint density at radius 3 is 2.50 bits per heavy atom. The fourth-order valence-corrected chi connectivity index (χ4v) is 1.47. The molecule has 3 N–H and O–H groups in total. The van der Waals surface area contributed by atoms with Gasteiger partial charge in [-0.05, 0) is 51.8 Å². The van der Waals surface area contributed by atoms with Crippen molar-refractivity contribution < 1.29 is 9.53 Å². The Hall–Kier alpha value is -1.55. The van der Waals surface area contributed by atoms with Crippen LogP contribution in [0.4, 0.5) is 10.5 Å². The molecule has 1 amide bonds. The number of amides is 1. The standard InChI is InChI=1S/C14H22N2O2/c1-9-6-7-11(10(2)15)8-12(9)16-13(17)18-14(3,4)5/h6-8,10H,15H2,1-5H3,(H,16,17). The van der Waals surface area contributed by atoms with Crippen LogP contribution in [0.1, 0.15) is 44.9 Å². The van der Waals surface area contributed by atoms with E-state index in [1.807, 2.05) is 52.8 Å². The number of carbonyl (C=O) groups excluding carboxylic acids is 1. The van der Waals surface area contributed by atoms with Gasteiger partial charge in [-0.2, -0.15) is 0 Å². The van der Waals surface area contributed by atoms with Crippen molar-refractivity contribution in [2.75, 3.05) is 5.32 Å². The monoisotopic (exact) mass is 250 g/mol. The predicted molar refractivity (Wildman–Crippen MR) is 73.6 cm³/mol. The Bertz CT molecular complexity index is 434. The average Bonchev–Trinajstić information content (AvgIpc) is 2.18. The highest BCUT2D eigenvalue weighted by atomic mass is 16.6. The lowest BCUT2D eigenvalue weighted by molar-refractivity contribution is 0.0636. The third-order valence-electron chi connectivity index (χ3n) is 2.42. The highest BCUT2D eigenvalue weighted by molar-refractivity contribution is 5.86. The second-order valence-corrected chi connectivity index (χ2v) is 5.49.